The normalized spacial score (nSPS) is 10.9. The van der Waals surface area contributed by atoms with E-state index in [0.717, 1.165) is 28.0 Å². The molecule has 2 rings (SSSR count). The van der Waals surface area contributed by atoms with Gasteiger partial charge in [0, 0.05) is 23.2 Å². The van der Waals surface area contributed by atoms with Gasteiger partial charge in [-0.15, -0.1) is 0 Å². The Morgan fingerprint density at radius 1 is 1.48 bits per heavy atom. The van der Waals surface area contributed by atoms with Gasteiger partial charge in [-0.25, -0.2) is 0 Å². The van der Waals surface area contributed by atoms with Crippen LogP contribution >= 0.6 is 27.5 Å². The number of aromatic nitrogens is 1. The molecule has 0 aliphatic rings. The third kappa shape index (κ3) is 4.26. The number of rotatable bonds is 6. The Balaban J connectivity index is 2.23. The van der Waals surface area contributed by atoms with Crippen molar-refractivity contribution in [2.45, 2.75) is 13.1 Å². The highest BCUT2D eigenvalue weighted by Gasteiger charge is 2.10. The van der Waals surface area contributed by atoms with Crippen molar-refractivity contribution >= 4 is 39.1 Å². The van der Waals surface area contributed by atoms with Crippen molar-refractivity contribution < 1.29 is 4.79 Å². The molecule has 0 bridgehead atoms. The number of anilines is 1. The average Bonchev–Trinajstić information content (AvgIpc) is 2.82. The van der Waals surface area contributed by atoms with E-state index in [4.69, 9.17) is 5.73 Å². The van der Waals surface area contributed by atoms with Crippen LogP contribution in [0.15, 0.2) is 28.1 Å². The van der Waals surface area contributed by atoms with Crippen molar-refractivity contribution in [2.75, 3.05) is 19.4 Å². The summed E-state index contributed by atoms with van der Waals surface area (Å²) >= 11 is 4.87. The second-order valence-electron chi connectivity index (χ2n) is 4.94. The molecule has 0 aliphatic heterocycles. The summed E-state index contributed by atoms with van der Waals surface area (Å²) in [5.74, 6) is -0.427. The molecular weight excluding hydrogens is 352 g/mol. The van der Waals surface area contributed by atoms with E-state index in [0.29, 0.717) is 12.1 Å². The van der Waals surface area contributed by atoms with Crippen LogP contribution in [0.25, 0.3) is 0 Å². The number of carbonyl (C=O) groups excluding carboxylic acids is 1. The number of nitrogens with two attached hydrogens (primary N) is 1. The lowest BCUT2D eigenvalue weighted by Gasteiger charge is -2.16. The van der Waals surface area contributed by atoms with E-state index in [2.05, 4.69) is 30.5 Å². The van der Waals surface area contributed by atoms with E-state index >= 15 is 0 Å². The van der Waals surface area contributed by atoms with E-state index < -0.39 is 5.91 Å². The van der Waals surface area contributed by atoms with Crippen LogP contribution in [0, 0.1) is 0 Å². The average molecular weight is 369 g/mol. The molecule has 0 unspecified atom stereocenters. The second-order valence-corrected chi connectivity index (χ2v) is 6.42. The highest BCUT2D eigenvalue weighted by Crippen LogP contribution is 2.22. The number of amides is 1. The van der Waals surface area contributed by atoms with Crippen molar-refractivity contribution in [1.29, 1.82) is 0 Å². The van der Waals surface area contributed by atoms with E-state index in [1.165, 1.54) is 11.5 Å². The molecule has 3 N–H and O–H groups in total. The van der Waals surface area contributed by atoms with Gasteiger partial charge in [-0.05, 0) is 59.3 Å². The number of nitrogens with zero attached hydrogens (tertiary/aromatic N) is 2. The molecule has 1 heterocycles. The molecule has 2 aromatic rings. The second kappa shape index (κ2) is 7.02. The Hall–Kier alpha value is -1.44. The standard InChI is InChI=1S/C14H17BrN4OS/c1-19(2)7-10-4-3-9(14(16)20)5-12(10)17-6-13-11(15)8-21-18-13/h3-5,8,17H,6-7H2,1-2H3,(H2,16,20). The minimum absolute atomic E-state index is 0.427. The van der Waals surface area contributed by atoms with E-state index in [1.54, 1.807) is 12.1 Å². The van der Waals surface area contributed by atoms with Crippen molar-refractivity contribution in [3.05, 3.63) is 44.9 Å². The molecule has 1 amide bonds. The molecule has 0 radical (unpaired) electrons. The fourth-order valence-corrected chi connectivity index (χ4v) is 3.08. The van der Waals surface area contributed by atoms with Crippen LogP contribution in [0.5, 0.6) is 0 Å². The molecule has 0 spiro atoms. The maximum atomic E-state index is 11.3. The minimum Gasteiger partial charge on any atom is -0.379 e. The Morgan fingerprint density at radius 2 is 2.24 bits per heavy atom. The van der Waals surface area contributed by atoms with E-state index in [9.17, 15) is 4.79 Å². The van der Waals surface area contributed by atoms with Crippen LogP contribution in [-0.2, 0) is 13.1 Å². The highest BCUT2D eigenvalue weighted by molar-refractivity contribution is 9.10. The van der Waals surface area contributed by atoms with Gasteiger partial charge in [-0.3, -0.25) is 4.79 Å². The molecule has 112 valence electrons. The summed E-state index contributed by atoms with van der Waals surface area (Å²) in [4.78, 5) is 13.4. The molecule has 21 heavy (non-hydrogen) atoms. The van der Waals surface area contributed by atoms with Gasteiger partial charge in [0.1, 0.15) is 0 Å². The largest absolute Gasteiger partial charge is 0.379 e. The monoisotopic (exact) mass is 368 g/mol. The highest BCUT2D eigenvalue weighted by atomic mass is 79.9. The Morgan fingerprint density at radius 3 is 2.81 bits per heavy atom. The first-order chi connectivity index (χ1) is 9.97. The van der Waals surface area contributed by atoms with Gasteiger partial charge in [0.05, 0.1) is 16.7 Å². The summed E-state index contributed by atoms with van der Waals surface area (Å²) in [6.07, 6.45) is 0. The fourth-order valence-electron chi connectivity index (χ4n) is 1.92. The topological polar surface area (TPSA) is 71.2 Å². The molecule has 0 atom stereocenters. The van der Waals surface area contributed by atoms with Gasteiger partial charge < -0.3 is 16.0 Å². The summed E-state index contributed by atoms with van der Waals surface area (Å²) in [7, 11) is 4.01. The van der Waals surface area contributed by atoms with Crippen LogP contribution in [-0.4, -0.2) is 29.3 Å². The maximum Gasteiger partial charge on any atom is 0.248 e. The zero-order valence-corrected chi connectivity index (χ0v) is 14.3. The van der Waals surface area contributed by atoms with Gasteiger partial charge in [0.25, 0.3) is 0 Å². The number of halogens is 1. The van der Waals surface area contributed by atoms with Crippen LogP contribution < -0.4 is 11.1 Å². The van der Waals surface area contributed by atoms with Crippen LogP contribution in [0.3, 0.4) is 0 Å². The number of hydrogen-bond acceptors (Lipinski definition) is 5. The van der Waals surface area contributed by atoms with E-state index in [-0.39, 0.29) is 0 Å². The van der Waals surface area contributed by atoms with Gasteiger partial charge in [-0.2, -0.15) is 4.37 Å². The number of carbonyl (C=O) groups is 1. The van der Waals surface area contributed by atoms with Crippen molar-refractivity contribution in [1.82, 2.24) is 9.27 Å². The van der Waals surface area contributed by atoms with Crippen molar-refractivity contribution in [3.63, 3.8) is 0 Å². The SMILES string of the molecule is CN(C)Cc1ccc(C(N)=O)cc1NCc1nscc1Br. The molecule has 7 heteroatoms. The molecular formula is C14H17BrN4OS. The zero-order valence-electron chi connectivity index (χ0n) is 11.9. The van der Waals surface area contributed by atoms with Crippen molar-refractivity contribution in [3.8, 4) is 0 Å². The lowest BCUT2D eigenvalue weighted by atomic mass is 10.1. The van der Waals surface area contributed by atoms with Gasteiger partial charge >= 0.3 is 0 Å². The van der Waals surface area contributed by atoms with E-state index in [1.807, 2.05) is 25.5 Å². The molecule has 0 fully saturated rings. The number of primary amides is 1. The molecule has 0 saturated carbocycles. The fraction of sp³-hybridized carbons (Fsp3) is 0.286. The Bertz CT molecular complexity index is 642. The quantitative estimate of drug-likeness (QED) is 0.821. The van der Waals surface area contributed by atoms with Crippen LogP contribution in [0.2, 0.25) is 0 Å². The minimum atomic E-state index is -0.427. The first-order valence-electron chi connectivity index (χ1n) is 6.37. The molecule has 0 aliphatic carbocycles. The third-order valence-corrected chi connectivity index (χ3v) is 4.58. The molecule has 1 aromatic carbocycles. The summed E-state index contributed by atoms with van der Waals surface area (Å²) < 4.78 is 5.30. The van der Waals surface area contributed by atoms with Crippen molar-refractivity contribution in [2.24, 2.45) is 5.73 Å². The Labute approximate surface area is 136 Å². The first-order valence-corrected chi connectivity index (χ1v) is 8.00. The summed E-state index contributed by atoms with van der Waals surface area (Å²) in [6.45, 7) is 1.37. The van der Waals surface area contributed by atoms with Gasteiger partial charge in [0.2, 0.25) is 5.91 Å². The van der Waals surface area contributed by atoms with Gasteiger partial charge in [-0.1, -0.05) is 6.07 Å². The first kappa shape index (κ1) is 15.9. The number of nitrogens with one attached hydrogen (secondary N) is 1. The molecule has 1 aromatic heterocycles. The number of benzene rings is 1. The lowest BCUT2D eigenvalue weighted by molar-refractivity contribution is 0.100. The zero-order chi connectivity index (χ0) is 15.4. The Kier molecular flexibility index (Phi) is 5.33. The predicted molar refractivity (Wildman–Crippen MR) is 89.5 cm³/mol. The third-order valence-electron chi connectivity index (χ3n) is 2.92. The smallest absolute Gasteiger partial charge is 0.248 e. The summed E-state index contributed by atoms with van der Waals surface area (Å²) in [5.41, 5.74) is 8.81. The summed E-state index contributed by atoms with van der Waals surface area (Å²) in [6, 6.07) is 5.48. The number of hydrogen-bond donors (Lipinski definition) is 2. The molecule has 0 saturated heterocycles. The molecule has 5 nitrogen and oxygen atoms in total. The van der Waals surface area contributed by atoms with Crippen LogP contribution in [0.4, 0.5) is 5.69 Å². The predicted octanol–water partition coefficient (Wildman–Crippen LogP) is 2.68. The summed E-state index contributed by atoms with van der Waals surface area (Å²) in [5, 5.41) is 5.28. The lowest BCUT2D eigenvalue weighted by Crippen LogP contribution is -2.15. The van der Waals surface area contributed by atoms with Crippen LogP contribution in [0.1, 0.15) is 21.6 Å². The maximum absolute atomic E-state index is 11.3. The van der Waals surface area contributed by atoms with Gasteiger partial charge in [0.15, 0.2) is 0 Å².